The molecule has 0 saturated carbocycles. The molecular weight excluding hydrogens is 837 g/mol. The highest BCUT2D eigenvalue weighted by molar-refractivity contribution is 5.77. The van der Waals surface area contributed by atoms with Gasteiger partial charge in [0, 0.05) is 54.0 Å². The fourth-order valence-electron chi connectivity index (χ4n) is 8.25. The number of likely N-dealkylation sites (tertiary alicyclic amines) is 1. The maximum Gasteiger partial charge on any atom is 0.410 e. The summed E-state index contributed by atoms with van der Waals surface area (Å²) in [6.07, 6.45) is 4.05. The monoisotopic (exact) mass is 901 g/mol. The zero-order chi connectivity index (χ0) is 44.6. The van der Waals surface area contributed by atoms with E-state index in [2.05, 4.69) is 51.7 Å². The van der Waals surface area contributed by atoms with E-state index in [1.54, 1.807) is 4.90 Å². The number of nitrogens with one attached hydrogen (secondary N) is 3. The molecule has 6 heterocycles. The van der Waals surface area contributed by atoms with Gasteiger partial charge in [-0.15, -0.1) is 0 Å². The molecule has 2 saturated heterocycles. The first-order chi connectivity index (χ1) is 31.7. The topological polar surface area (TPSA) is 143 Å². The predicted molar refractivity (Wildman–Crippen MR) is 268 cm³/mol. The third kappa shape index (κ3) is 12.4. The van der Waals surface area contributed by atoms with Crippen molar-refractivity contribution in [1.82, 2.24) is 40.1 Å². The van der Waals surface area contributed by atoms with Crippen LogP contribution >= 0.6 is 0 Å². The van der Waals surface area contributed by atoms with Crippen molar-refractivity contribution in [3.8, 4) is 34.3 Å². The van der Waals surface area contributed by atoms with E-state index >= 15 is 0 Å². The molecular formula is C55H64N8O4. The number of hydrogen-bond acceptors (Lipinski definition) is 9. The maximum absolute atomic E-state index is 12.6. The normalized spacial score (nSPS) is 16.0. The van der Waals surface area contributed by atoms with Crippen LogP contribution in [0.2, 0.25) is 0 Å². The molecule has 0 spiro atoms. The second-order valence-electron chi connectivity index (χ2n) is 17.8. The average Bonchev–Trinajstić information content (AvgIpc) is 3.98. The largest absolute Gasteiger partial charge is 0.489 e. The summed E-state index contributed by atoms with van der Waals surface area (Å²) in [5.41, 5.74) is 9.20. The van der Waals surface area contributed by atoms with E-state index in [1.165, 1.54) is 12.8 Å². The molecule has 10 rings (SSSR count). The van der Waals surface area contributed by atoms with Gasteiger partial charge in [-0.1, -0.05) is 87.6 Å². The Morgan fingerprint density at radius 3 is 1.70 bits per heavy atom. The van der Waals surface area contributed by atoms with E-state index < -0.39 is 5.60 Å². The van der Waals surface area contributed by atoms with E-state index in [4.69, 9.17) is 34.1 Å². The highest BCUT2D eigenvalue weighted by atomic mass is 16.6. The van der Waals surface area contributed by atoms with Crippen molar-refractivity contribution in [3.05, 3.63) is 156 Å². The van der Waals surface area contributed by atoms with Crippen LogP contribution in [0, 0.1) is 0 Å². The Hall–Kier alpha value is -7.05. The lowest BCUT2D eigenvalue weighted by Gasteiger charge is -2.33. The minimum atomic E-state index is -0.501. The Balaban J connectivity index is 0.000000197. The van der Waals surface area contributed by atoms with Crippen molar-refractivity contribution in [2.45, 2.75) is 92.0 Å². The van der Waals surface area contributed by atoms with Gasteiger partial charge in [0.05, 0.1) is 11.0 Å². The molecule has 67 heavy (non-hydrogen) atoms. The Morgan fingerprint density at radius 2 is 1.13 bits per heavy atom. The lowest BCUT2D eigenvalue weighted by Crippen LogP contribution is -2.42. The predicted octanol–water partition coefficient (Wildman–Crippen LogP) is 12.3. The lowest BCUT2D eigenvalue weighted by molar-refractivity contribution is 0.0197. The molecule has 2 aliphatic rings. The summed E-state index contributed by atoms with van der Waals surface area (Å²) < 4.78 is 17.3. The Labute approximate surface area is 394 Å². The zero-order valence-electron chi connectivity index (χ0n) is 37.3. The number of ether oxygens (including phenoxy) is 3. The minimum Gasteiger partial charge on any atom is -0.489 e. The van der Waals surface area contributed by atoms with Crippen LogP contribution in [-0.2, 0) is 18.0 Å². The third-order valence-corrected chi connectivity index (χ3v) is 11.7. The van der Waals surface area contributed by atoms with E-state index in [0.29, 0.717) is 37.9 Å². The van der Waals surface area contributed by atoms with Crippen molar-refractivity contribution >= 4 is 28.4 Å². The number of imidazole rings is 2. The smallest absolute Gasteiger partial charge is 0.410 e. The number of nitrogens with zero attached hydrogens (tertiary/aromatic N) is 5. The first-order valence-electron chi connectivity index (χ1n) is 22.7. The van der Waals surface area contributed by atoms with Crippen LogP contribution in [0.3, 0.4) is 0 Å². The van der Waals surface area contributed by atoms with Gasteiger partial charge in [-0.05, 0) is 125 Å². The summed E-state index contributed by atoms with van der Waals surface area (Å²) >= 11 is 0. The average molecular weight is 901 g/mol. The van der Waals surface area contributed by atoms with Gasteiger partial charge < -0.3 is 34.4 Å². The van der Waals surface area contributed by atoms with Crippen LogP contribution in [-0.4, -0.2) is 72.7 Å². The van der Waals surface area contributed by atoms with Crippen molar-refractivity contribution in [1.29, 1.82) is 0 Å². The Bertz CT molecular complexity index is 2800. The van der Waals surface area contributed by atoms with Gasteiger partial charge in [0.1, 0.15) is 42.0 Å². The molecule has 8 aromatic rings. The van der Waals surface area contributed by atoms with Crippen LogP contribution in [0.15, 0.2) is 133 Å². The molecule has 2 fully saturated rings. The van der Waals surface area contributed by atoms with E-state index in [-0.39, 0.29) is 26.9 Å². The summed E-state index contributed by atoms with van der Waals surface area (Å²) in [5.74, 6) is 3.95. The van der Waals surface area contributed by atoms with Crippen molar-refractivity contribution in [2.24, 2.45) is 0 Å². The highest BCUT2D eigenvalue weighted by Crippen LogP contribution is 2.30. The SMILES string of the molecule is C.C.CC(C)(C)OC(=O)N1CCCC(c2ccc3[nH]c(-c4ccc(OCc5ccccc5)cc4)nc3n2)C1.c1ccc(OCc2ccc(-c3nc4nc(C5CCCNC5)ccc4[nH]3)cc2)cc1. The molecule has 0 bridgehead atoms. The van der Waals surface area contributed by atoms with Gasteiger partial charge in [-0.25, -0.2) is 24.7 Å². The highest BCUT2D eigenvalue weighted by Gasteiger charge is 2.29. The second-order valence-corrected chi connectivity index (χ2v) is 17.8. The zero-order valence-corrected chi connectivity index (χ0v) is 37.3. The molecule has 12 heteroatoms. The van der Waals surface area contributed by atoms with Crippen LogP contribution in [0.4, 0.5) is 4.79 Å². The van der Waals surface area contributed by atoms with E-state index in [1.807, 2.05) is 118 Å². The quantitative estimate of drug-likeness (QED) is 0.122. The standard InChI is InChI=1S/C29H32N4O3.C24H24N4O.2CH4/c1-29(2,3)36-28(34)33-17-7-10-22(18-33)24-15-16-25-27(30-24)32-26(31-25)21-11-13-23(14-12-21)35-19-20-8-5-4-6-9-20;1-2-6-20(7-3-1)29-16-17-8-10-18(11-9-17)23-27-22-13-12-21(26-24(22)28-23)19-5-4-14-25-15-19;;/h4-6,8-9,11-16,22H,7,10,17-19H2,1-3H3,(H,30,31,32);1-3,6-13,19,25H,4-5,14-16H2,(H,26,27,28);2*1H4. The number of fused-ring (bicyclic) bond motifs is 2. The molecule has 3 N–H and O–H groups in total. The molecule has 4 aromatic carbocycles. The van der Waals surface area contributed by atoms with Crippen LogP contribution in [0.5, 0.6) is 11.5 Å². The van der Waals surface area contributed by atoms with Crippen LogP contribution < -0.4 is 14.8 Å². The first kappa shape index (κ1) is 47.9. The summed E-state index contributed by atoms with van der Waals surface area (Å²) in [6, 6.07) is 44.5. The number of carbonyl (C=O) groups is 1. The van der Waals surface area contributed by atoms with Crippen molar-refractivity contribution in [3.63, 3.8) is 0 Å². The third-order valence-electron chi connectivity index (χ3n) is 11.7. The lowest BCUT2D eigenvalue weighted by atomic mass is 9.94. The van der Waals surface area contributed by atoms with Gasteiger partial charge in [0.25, 0.3) is 0 Å². The number of piperidine rings is 2. The second kappa shape index (κ2) is 22.0. The number of pyridine rings is 2. The number of aromatic nitrogens is 6. The molecule has 0 aliphatic carbocycles. The molecule has 2 atom stereocenters. The number of rotatable bonds is 10. The summed E-state index contributed by atoms with van der Waals surface area (Å²) in [5, 5.41) is 3.46. The minimum absolute atomic E-state index is 0. The van der Waals surface area contributed by atoms with Gasteiger partial charge in [0.2, 0.25) is 0 Å². The van der Waals surface area contributed by atoms with E-state index in [0.717, 1.165) is 99.4 Å². The molecule has 2 aliphatic heterocycles. The number of hydrogen-bond donors (Lipinski definition) is 3. The molecule has 2 unspecified atom stereocenters. The molecule has 12 nitrogen and oxygen atoms in total. The number of carbonyl (C=O) groups excluding carboxylic acids is 1. The van der Waals surface area contributed by atoms with Gasteiger partial charge in [0.15, 0.2) is 11.3 Å². The van der Waals surface area contributed by atoms with Gasteiger partial charge >= 0.3 is 6.09 Å². The number of benzene rings is 4. The molecule has 0 radical (unpaired) electrons. The molecule has 4 aromatic heterocycles. The molecule has 348 valence electrons. The number of para-hydroxylation sites is 1. The first-order valence-corrected chi connectivity index (χ1v) is 22.7. The van der Waals surface area contributed by atoms with Gasteiger partial charge in [-0.3, -0.25) is 0 Å². The fraction of sp³-hybridized carbons (Fsp3) is 0.327. The Kier molecular flexibility index (Phi) is 15.7. The van der Waals surface area contributed by atoms with Crippen LogP contribution in [0.25, 0.3) is 45.1 Å². The Morgan fingerprint density at radius 1 is 0.612 bits per heavy atom. The van der Waals surface area contributed by atoms with Crippen molar-refractivity contribution in [2.75, 3.05) is 26.2 Å². The summed E-state index contributed by atoms with van der Waals surface area (Å²) in [7, 11) is 0. The summed E-state index contributed by atoms with van der Waals surface area (Å²) in [6.45, 7) is 10.2. The molecule has 1 amide bonds. The number of amides is 1. The maximum atomic E-state index is 12.6. The number of H-pyrrole nitrogens is 2. The summed E-state index contributed by atoms with van der Waals surface area (Å²) in [4.78, 5) is 40.3. The number of aromatic amines is 2. The van der Waals surface area contributed by atoms with Crippen LogP contribution in [0.1, 0.15) is 95.7 Å². The van der Waals surface area contributed by atoms with Crippen molar-refractivity contribution < 1.29 is 19.0 Å². The van der Waals surface area contributed by atoms with Gasteiger partial charge in [-0.2, -0.15) is 0 Å². The fourth-order valence-corrected chi connectivity index (χ4v) is 8.25. The van der Waals surface area contributed by atoms with E-state index in [9.17, 15) is 4.79 Å².